The number of hydrogen-bond donors (Lipinski definition) is 1. The van der Waals surface area contributed by atoms with Crippen LogP contribution in [0.2, 0.25) is 0 Å². The number of para-hydroxylation sites is 2. The van der Waals surface area contributed by atoms with Crippen LogP contribution in [0.4, 0.5) is 11.4 Å². The van der Waals surface area contributed by atoms with Gasteiger partial charge in [0.2, 0.25) is 5.91 Å². The molecule has 0 spiro atoms. The molecule has 0 bridgehead atoms. The summed E-state index contributed by atoms with van der Waals surface area (Å²) >= 11 is 0. The maximum Gasteiger partial charge on any atom is 0.224 e. The SMILES string of the molecule is COc1ccc([C@H]2CC(=O)C3=C(C2)Nc2ccccc2N(C(C)=O)[C@H]3c2ccc(OC)c(OC)c2)cc1. The van der Waals surface area contributed by atoms with Gasteiger partial charge in [0.25, 0.3) is 0 Å². The van der Waals surface area contributed by atoms with Gasteiger partial charge in [-0.3, -0.25) is 14.5 Å². The summed E-state index contributed by atoms with van der Waals surface area (Å²) < 4.78 is 16.3. The monoisotopic (exact) mass is 498 g/mol. The topological polar surface area (TPSA) is 77.1 Å². The van der Waals surface area contributed by atoms with E-state index in [2.05, 4.69) is 5.32 Å². The van der Waals surface area contributed by atoms with E-state index in [1.807, 2.05) is 66.7 Å². The van der Waals surface area contributed by atoms with Crippen LogP contribution in [0.5, 0.6) is 17.2 Å². The van der Waals surface area contributed by atoms with Gasteiger partial charge in [-0.15, -0.1) is 0 Å². The lowest BCUT2D eigenvalue weighted by molar-refractivity contribution is -0.117. The molecule has 0 radical (unpaired) electrons. The third kappa shape index (κ3) is 4.42. The summed E-state index contributed by atoms with van der Waals surface area (Å²) in [6.45, 7) is 1.53. The molecule has 37 heavy (non-hydrogen) atoms. The molecule has 1 aliphatic carbocycles. The smallest absolute Gasteiger partial charge is 0.224 e. The van der Waals surface area contributed by atoms with Crippen LogP contribution in [-0.4, -0.2) is 33.0 Å². The molecular formula is C30H30N2O5. The fourth-order valence-electron chi connectivity index (χ4n) is 5.39. The van der Waals surface area contributed by atoms with E-state index in [1.165, 1.54) is 6.92 Å². The average Bonchev–Trinajstić information content (AvgIpc) is 3.07. The number of carbonyl (C=O) groups is 2. The van der Waals surface area contributed by atoms with Crippen LogP contribution in [0, 0.1) is 0 Å². The Morgan fingerprint density at radius 3 is 2.24 bits per heavy atom. The van der Waals surface area contributed by atoms with Gasteiger partial charge in [-0.25, -0.2) is 0 Å². The molecule has 3 aromatic rings. The number of amides is 1. The number of fused-ring (bicyclic) bond motifs is 1. The van der Waals surface area contributed by atoms with E-state index < -0.39 is 6.04 Å². The lowest BCUT2D eigenvalue weighted by Crippen LogP contribution is -2.37. The van der Waals surface area contributed by atoms with Gasteiger partial charge < -0.3 is 19.5 Å². The number of rotatable bonds is 5. The second-order valence-corrected chi connectivity index (χ2v) is 9.24. The summed E-state index contributed by atoms with van der Waals surface area (Å²) in [5.74, 6) is 1.75. The number of carbonyl (C=O) groups excluding carboxylic acids is 2. The number of nitrogens with zero attached hydrogens (tertiary/aromatic N) is 1. The Kier molecular flexibility index (Phi) is 6.61. The van der Waals surface area contributed by atoms with Crippen molar-refractivity contribution >= 4 is 23.1 Å². The first-order valence-electron chi connectivity index (χ1n) is 12.2. The van der Waals surface area contributed by atoms with Gasteiger partial charge in [-0.1, -0.05) is 30.3 Å². The highest BCUT2D eigenvalue weighted by molar-refractivity contribution is 6.06. The van der Waals surface area contributed by atoms with E-state index in [0.29, 0.717) is 29.9 Å². The number of Topliss-reactive ketones (excluding diaryl/α,β-unsaturated/α-hetero) is 1. The van der Waals surface area contributed by atoms with E-state index in [0.717, 1.165) is 33.9 Å². The number of benzene rings is 3. The molecule has 0 saturated heterocycles. The normalized spacial score (nSPS) is 18.8. The highest BCUT2D eigenvalue weighted by Gasteiger charge is 2.41. The predicted molar refractivity (Wildman–Crippen MR) is 143 cm³/mol. The Morgan fingerprint density at radius 2 is 1.57 bits per heavy atom. The predicted octanol–water partition coefficient (Wildman–Crippen LogP) is 5.63. The molecule has 0 saturated carbocycles. The first-order chi connectivity index (χ1) is 17.9. The van der Waals surface area contributed by atoms with Crippen LogP contribution in [0.1, 0.15) is 42.9 Å². The summed E-state index contributed by atoms with van der Waals surface area (Å²) in [5, 5.41) is 3.53. The molecule has 1 N–H and O–H groups in total. The number of methoxy groups -OCH3 is 3. The third-order valence-electron chi connectivity index (χ3n) is 7.14. The van der Waals surface area contributed by atoms with Gasteiger partial charge in [0, 0.05) is 24.6 Å². The van der Waals surface area contributed by atoms with Crippen molar-refractivity contribution in [2.75, 3.05) is 31.5 Å². The molecule has 1 heterocycles. The van der Waals surface area contributed by atoms with Crippen LogP contribution < -0.4 is 24.4 Å². The zero-order chi connectivity index (χ0) is 26.1. The van der Waals surface area contributed by atoms with Crippen molar-refractivity contribution in [3.05, 3.63) is 89.1 Å². The summed E-state index contributed by atoms with van der Waals surface area (Å²) in [6.07, 6.45) is 0.982. The van der Waals surface area contributed by atoms with E-state index in [4.69, 9.17) is 14.2 Å². The Labute approximate surface area is 216 Å². The molecule has 7 heteroatoms. The molecule has 7 nitrogen and oxygen atoms in total. The van der Waals surface area contributed by atoms with Crippen molar-refractivity contribution in [1.82, 2.24) is 0 Å². The van der Waals surface area contributed by atoms with Gasteiger partial charge >= 0.3 is 0 Å². The first-order valence-corrected chi connectivity index (χ1v) is 12.2. The minimum absolute atomic E-state index is 0.00625. The number of anilines is 2. The Hall–Kier alpha value is -4.26. The lowest BCUT2D eigenvalue weighted by atomic mass is 9.78. The molecule has 0 fully saturated rings. The second-order valence-electron chi connectivity index (χ2n) is 9.24. The van der Waals surface area contributed by atoms with Crippen LogP contribution in [0.3, 0.4) is 0 Å². The van der Waals surface area contributed by atoms with E-state index in [1.54, 1.807) is 26.2 Å². The van der Waals surface area contributed by atoms with E-state index >= 15 is 0 Å². The average molecular weight is 499 g/mol. The maximum absolute atomic E-state index is 14.0. The number of ether oxygens (including phenoxy) is 3. The van der Waals surface area contributed by atoms with Gasteiger partial charge in [0.15, 0.2) is 17.3 Å². The lowest BCUT2D eigenvalue weighted by Gasteiger charge is -2.34. The molecule has 0 unspecified atom stereocenters. The number of ketones is 1. The summed E-state index contributed by atoms with van der Waals surface area (Å²) in [6, 6.07) is 20.5. The number of nitrogens with one attached hydrogen (secondary N) is 1. The zero-order valence-electron chi connectivity index (χ0n) is 21.4. The fourth-order valence-corrected chi connectivity index (χ4v) is 5.39. The Bertz CT molecular complexity index is 1380. The molecule has 2 aliphatic rings. The molecule has 3 aromatic carbocycles. The molecule has 2 atom stereocenters. The third-order valence-corrected chi connectivity index (χ3v) is 7.14. The zero-order valence-corrected chi connectivity index (χ0v) is 21.4. The van der Waals surface area contributed by atoms with Crippen molar-refractivity contribution < 1.29 is 23.8 Å². The van der Waals surface area contributed by atoms with Crippen LogP contribution in [-0.2, 0) is 9.59 Å². The van der Waals surface area contributed by atoms with Gasteiger partial charge in [-0.05, 0) is 59.9 Å². The largest absolute Gasteiger partial charge is 0.497 e. The van der Waals surface area contributed by atoms with Crippen LogP contribution >= 0.6 is 0 Å². The van der Waals surface area contributed by atoms with E-state index in [9.17, 15) is 9.59 Å². The van der Waals surface area contributed by atoms with Gasteiger partial charge in [-0.2, -0.15) is 0 Å². The molecule has 0 aromatic heterocycles. The summed E-state index contributed by atoms with van der Waals surface area (Å²) in [4.78, 5) is 28.9. The van der Waals surface area contributed by atoms with E-state index in [-0.39, 0.29) is 17.6 Å². The van der Waals surface area contributed by atoms with Crippen molar-refractivity contribution in [2.45, 2.75) is 31.7 Å². The molecular weight excluding hydrogens is 468 g/mol. The Balaban J connectivity index is 1.68. The summed E-state index contributed by atoms with van der Waals surface area (Å²) in [5.41, 5.74) is 4.78. The van der Waals surface area contributed by atoms with Crippen molar-refractivity contribution in [3.8, 4) is 17.2 Å². The first kappa shape index (κ1) is 24.4. The van der Waals surface area contributed by atoms with Gasteiger partial charge in [0.05, 0.1) is 38.7 Å². The maximum atomic E-state index is 14.0. The quantitative estimate of drug-likeness (QED) is 0.491. The van der Waals surface area contributed by atoms with Crippen LogP contribution in [0.25, 0.3) is 0 Å². The highest BCUT2D eigenvalue weighted by Crippen LogP contribution is 2.48. The minimum atomic E-state index is -0.618. The minimum Gasteiger partial charge on any atom is -0.497 e. The van der Waals surface area contributed by atoms with Crippen molar-refractivity contribution in [3.63, 3.8) is 0 Å². The number of allylic oxidation sites excluding steroid dienone is 1. The molecule has 1 aliphatic heterocycles. The molecule has 1 amide bonds. The fraction of sp³-hybridized carbons (Fsp3) is 0.267. The Morgan fingerprint density at radius 1 is 0.865 bits per heavy atom. The van der Waals surface area contributed by atoms with Crippen molar-refractivity contribution in [1.29, 1.82) is 0 Å². The number of hydrogen-bond acceptors (Lipinski definition) is 6. The molecule has 190 valence electrons. The van der Waals surface area contributed by atoms with Crippen LogP contribution in [0.15, 0.2) is 78.0 Å². The van der Waals surface area contributed by atoms with Crippen molar-refractivity contribution in [2.24, 2.45) is 0 Å². The summed E-state index contributed by atoms with van der Waals surface area (Å²) in [7, 11) is 4.79. The molecule has 5 rings (SSSR count). The van der Waals surface area contributed by atoms with Gasteiger partial charge in [0.1, 0.15) is 5.75 Å². The standard InChI is InChI=1S/C30H30N2O5/c1-18(33)32-25-8-6-5-7-23(25)31-24-15-21(19-9-12-22(35-2)13-10-19)16-26(34)29(24)30(32)20-11-14-27(36-3)28(17-20)37-4/h5-14,17,21,30-31H,15-16H2,1-4H3/t21-,30+/m1/s1. The highest BCUT2D eigenvalue weighted by atomic mass is 16.5. The second kappa shape index (κ2) is 10.0.